The summed E-state index contributed by atoms with van der Waals surface area (Å²) < 4.78 is 42.9. The number of quaternary nitrogens is 1. The summed E-state index contributed by atoms with van der Waals surface area (Å²) in [5.74, 6) is -1.43. The zero-order valence-electron chi connectivity index (χ0n) is 17.2. The Morgan fingerprint density at radius 1 is 1.03 bits per heavy atom. The number of anilines is 1. The molecule has 32 heavy (non-hydrogen) atoms. The van der Waals surface area contributed by atoms with Gasteiger partial charge in [0.1, 0.15) is 22.4 Å². The Hall–Kier alpha value is -2.65. The molecule has 6 nitrogen and oxygen atoms in total. The molecular formula is C22H20Cl2FN3O3S. The van der Waals surface area contributed by atoms with Gasteiger partial charge in [-0.2, -0.15) is 0 Å². The summed E-state index contributed by atoms with van der Waals surface area (Å²) in [4.78, 5) is 13.6. The molecule has 0 spiro atoms. The molecule has 0 aliphatic carbocycles. The van der Waals surface area contributed by atoms with Crippen LogP contribution in [0.15, 0.2) is 65.6 Å². The smallest absolute Gasteiger partial charge is 0.257 e. The molecule has 0 bridgehead atoms. The third-order valence-corrected chi connectivity index (χ3v) is 6.45. The van der Waals surface area contributed by atoms with Gasteiger partial charge in [-0.15, -0.1) is 0 Å². The van der Waals surface area contributed by atoms with Crippen molar-refractivity contribution in [2.75, 3.05) is 19.4 Å². The number of hydrogen-bond acceptors (Lipinski definition) is 3. The summed E-state index contributed by atoms with van der Waals surface area (Å²) in [5, 5.41) is 2.41. The van der Waals surface area contributed by atoms with Crippen molar-refractivity contribution in [2.24, 2.45) is 0 Å². The van der Waals surface area contributed by atoms with E-state index in [0.29, 0.717) is 5.69 Å². The van der Waals surface area contributed by atoms with E-state index in [4.69, 9.17) is 23.2 Å². The molecule has 2 N–H and O–H groups in total. The minimum Gasteiger partial charge on any atom is -0.570 e. The maximum Gasteiger partial charge on any atom is 0.257 e. The molecule has 0 radical (unpaired) electrons. The third-order valence-electron chi connectivity index (χ3n) is 4.38. The van der Waals surface area contributed by atoms with Crippen molar-refractivity contribution in [3.05, 3.63) is 92.4 Å². The van der Waals surface area contributed by atoms with Crippen molar-refractivity contribution in [3.63, 3.8) is 0 Å². The van der Waals surface area contributed by atoms with Gasteiger partial charge in [0.05, 0.1) is 34.6 Å². The molecule has 168 valence electrons. The molecule has 0 aliphatic heterocycles. The number of carbonyl (C=O) groups excluding carboxylic acids is 1. The number of amides is 1. The molecule has 0 fully saturated rings. The molecule has 3 rings (SSSR count). The second-order valence-electron chi connectivity index (χ2n) is 7.32. The van der Waals surface area contributed by atoms with Crippen LogP contribution in [0, 0.1) is 5.82 Å². The number of carbonyl (C=O) groups is 1. The van der Waals surface area contributed by atoms with Crippen LogP contribution in [-0.4, -0.2) is 28.4 Å². The standard InChI is InChI=1S/C22H19Cl2FN3O3S/c1-28(2)13-14-7-9-15(10-8-14)26-22(29)16-11-21(18(24)12-17(16)23)32(30,31)27-20-6-4-3-5-19(20)25/h3-12H,13H2,1-2H3,(H,26,29)/q-1/p+1. The average molecular weight is 496 g/mol. The number of rotatable bonds is 7. The lowest BCUT2D eigenvalue weighted by atomic mass is 10.1. The monoisotopic (exact) mass is 495 g/mol. The molecule has 1 amide bonds. The fourth-order valence-electron chi connectivity index (χ4n) is 2.92. The minimum atomic E-state index is -4.42. The van der Waals surface area contributed by atoms with Crippen LogP contribution in [-0.2, 0) is 16.6 Å². The predicted octanol–water partition coefficient (Wildman–Crippen LogP) is 4.42. The van der Waals surface area contributed by atoms with Gasteiger partial charge in [-0.3, -0.25) is 4.79 Å². The summed E-state index contributed by atoms with van der Waals surface area (Å²) >= 11 is 12.2. The number of nitrogens with zero attached hydrogens (tertiary/aromatic N) is 1. The quantitative estimate of drug-likeness (QED) is 0.508. The van der Waals surface area contributed by atoms with Gasteiger partial charge in [0.15, 0.2) is 0 Å². The van der Waals surface area contributed by atoms with Gasteiger partial charge in [0.25, 0.3) is 5.91 Å². The van der Waals surface area contributed by atoms with Crippen LogP contribution in [0.3, 0.4) is 0 Å². The first-order chi connectivity index (χ1) is 15.1. The Kier molecular flexibility index (Phi) is 7.40. The van der Waals surface area contributed by atoms with Gasteiger partial charge < -0.3 is 14.9 Å². The van der Waals surface area contributed by atoms with Crippen molar-refractivity contribution in [3.8, 4) is 0 Å². The van der Waals surface area contributed by atoms with Crippen LogP contribution >= 0.6 is 23.2 Å². The minimum absolute atomic E-state index is 0.0369. The van der Waals surface area contributed by atoms with Crippen molar-refractivity contribution in [1.82, 2.24) is 0 Å². The molecule has 0 aliphatic rings. The highest BCUT2D eigenvalue weighted by atomic mass is 35.5. The van der Waals surface area contributed by atoms with Crippen LogP contribution in [0.4, 0.5) is 15.8 Å². The van der Waals surface area contributed by atoms with Gasteiger partial charge in [-0.05, 0) is 30.3 Å². The molecule has 0 unspecified atom stereocenters. The first-order valence-electron chi connectivity index (χ1n) is 9.48. The lowest BCUT2D eigenvalue weighted by Gasteiger charge is -2.23. The average Bonchev–Trinajstić information content (AvgIpc) is 2.70. The van der Waals surface area contributed by atoms with Crippen LogP contribution in [0.2, 0.25) is 10.0 Å². The number of halogens is 3. The SMILES string of the molecule is C[NH+](C)Cc1ccc(NC(=O)c2cc(S(=O)(=O)[N-]c3ccccc3F)c(Cl)cc2Cl)cc1. The van der Waals surface area contributed by atoms with E-state index in [0.717, 1.165) is 30.3 Å². The van der Waals surface area contributed by atoms with Crippen LogP contribution in [0.25, 0.3) is 4.72 Å². The molecule has 0 saturated carbocycles. The number of benzene rings is 3. The van der Waals surface area contributed by atoms with Crippen LogP contribution in [0.5, 0.6) is 0 Å². The largest absolute Gasteiger partial charge is 0.570 e. The zero-order valence-corrected chi connectivity index (χ0v) is 19.5. The predicted molar refractivity (Wildman–Crippen MR) is 124 cm³/mol. The van der Waals surface area contributed by atoms with Crippen LogP contribution in [0.1, 0.15) is 15.9 Å². The first kappa shape index (κ1) is 24.0. The van der Waals surface area contributed by atoms with Crippen molar-refractivity contribution in [2.45, 2.75) is 11.4 Å². The van der Waals surface area contributed by atoms with Gasteiger partial charge in [-0.1, -0.05) is 59.2 Å². The van der Waals surface area contributed by atoms with Gasteiger partial charge in [0, 0.05) is 11.3 Å². The van der Waals surface area contributed by atoms with Gasteiger partial charge >= 0.3 is 0 Å². The normalized spacial score (nSPS) is 11.4. The molecule has 3 aromatic rings. The zero-order chi connectivity index (χ0) is 23.5. The van der Waals surface area contributed by atoms with Crippen molar-refractivity contribution in [1.29, 1.82) is 0 Å². The van der Waals surface area contributed by atoms with E-state index in [2.05, 4.69) is 10.0 Å². The van der Waals surface area contributed by atoms with Crippen molar-refractivity contribution >= 4 is 50.5 Å². The highest BCUT2D eigenvalue weighted by molar-refractivity contribution is 7.94. The van der Waals surface area contributed by atoms with Crippen LogP contribution < -0.4 is 10.2 Å². The molecule has 10 heteroatoms. The van der Waals surface area contributed by atoms with E-state index in [1.54, 1.807) is 12.1 Å². The van der Waals surface area contributed by atoms with E-state index < -0.39 is 26.6 Å². The molecular weight excluding hydrogens is 476 g/mol. The van der Waals surface area contributed by atoms with E-state index in [1.165, 1.54) is 23.1 Å². The maximum atomic E-state index is 13.9. The number of nitrogens with one attached hydrogen (secondary N) is 2. The Morgan fingerprint density at radius 2 is 1.69 bits per heavy atom. The molecule has 0 aromatic heterocycles. The lowest BCUT2D eigenvalue weighted by molar-refractivity contribution is -0.872. The topological polar surface area (TPSA) is 81.8 Å². The summed E-state index contributed by atoms with van der Waals surface area (Å²) in [7, 11) is -0.357. The highest BCUT2D eigenvalue weighted by Crippen LogP contribution is 2.36. The molecule has 3 aromatic carbocycles. The van der Waals surface area contributed by atoms with Gasteiger partial charge in [-0.25, -0.2) is 12.8 Å². The second-order valence-corrected chi connectivity index (χ2v) is 9.70. The molecule has 0 heterocycles. The Bertz CT molecular complexity index is 1250. The number of sulfonamides is 1. The Labute approximate surface area is 196 Å². The van der Waals surface area contributed by atoms with E-state index in [1.807, 2.05) is 26.2 Å². The van der Waals surface area contributed by atoms with E-state index >= 15 is 0 Å². The third kappa shape index (κ3) is 5.77. The fourth-order valence-corrected chi connectivity index (χ4v) is 4.76. The second kappa shape index (κ2) is 9.87. The lowest BCUT2D eigenvalue weighted by Crippen LogP contribution is -3.04. The maximum absolute atomic E-state index is 13.9. The first-order valence-corrected chi connectivity index (χ1v) is 11.7. The van der Waals surface area contributed by atoms with Gasteiger partial charge in [0.2, 0.25) is 0 Å². The fraction of sp³-hybridized carbons (Fsp3) is 0.136. The summed E-state index contributed by atoms with van der Waals surface area (Å²) in [6.07, 6.45) is 0. The Balaban J connectivity index is 1.87. The highest BCUT2D eigenvalue weighted by Gasteiger charge is 2.19. The number of hydrogen-bond donors (Lipinski definition) is 2. The molecule has 0 saturated heterocycles. The summed E-state index contributed by atoms with van der Waals surface area (Å²) in [5.41, 5.74) is 1.12. The van der Waals surface area contributed by atoms with E-state index in [9.17, 15) is 17.6 Å². The van der Waals surface area contributed by atoms with E-state index in [-0.39, 0.29) is 21.3 Å². The summed E-state index contributed by atoms with van der Waals surface area (Å²) in [6.45, 7) is 0.823. The summed E-state index contributed by atoms with van der Waals surface area (Å²) in [6, 6.07) is 14.6. The van der Waals surface area contributed by atoms with Crippen molar-refractivity contribution < 1.29 is 22.5 Å². The molecule has 0 atom stereocenters. The Morgan fingerprint density at radius 3 is 2.31 bits per heavy atom.